The molecule has 0 aliphatic heterocycles. The molecule has 14 heavy (non-hydrogen) atoms. The highest BCUT2D eigenvalue weighted by Gasteiger charge is 2.04. The van der Waals surface area contributed by atoms with Crippen molar-refractivity contribution >= 4 is 0 Å². The Morgan fingerprint density at radius 3 is 2.50 bits per heavy atom. The summed E-state index contributed by atoms with van der Waals surface area (Å²) in [6.45, 7) is 4.76. The third-order valence-corrected chi connectivity index (χ3v) is 2.53. The van der Waals surface area contributed by atoms with Crippen LogP contribution in [-0.4, -0.2) is 11.7 Å². The molecular weight excluding hydrogens is 172 g/mol. The molecule has 1 nitrogen and oxygen atoms in total. The maximum absolute atomic E-state index is 8.72. The first-order valence-corrected chi connectivity index (χ1v) is 5.44. The Kier molecular flexibility index (Phi) is 4.68. The fourth-order valence-electron chi connectivity index (χ4n) is 1.75. The molecule has 1 aromatic rings. The number of aliphatic hydroxyl groups is 1. The molecule has 0 saturated carbocycles. The Bertz CT molecular complexity index is 266. The third-order valence-electron chi connectivity index (χ3n) is 2.53. The fraction of sp³-hybridized carbons (Fsp3) is 0.538. The van der Waals surface area contributed by atoms with E-state index in [-0.39, 0.29) is 0 Å². The van der Waals surface area contributed by atoms with Crippen LogP contribution in [0.3, 0.4) is 0 Å². The van der Waals surface area contributed by atoms with Crippen molar-refractivity contribution in [1.29, 1.82) is 0 Å². The van der Waals surface area contributed by atoms with Gasteiger partial charge in [-0.1, -0.05) is 38.1 Å². The van der Waals surface area contributed by atoms with E-state index in [1.54, 1.807) is 0 Å². The third kappa shape index (κ3) is 3.15. The van der Waals surface area contributed by atoms with Gasteiger partial charge in [-0.05, 0) is 36.3 Å². The summed E-state index contributed by atoms with van der Waals surface area (Å²) in [5, 5.41) is 8.72. The molecule has 1 rings (SSSR count). The number of benzene rings is 1. The predicted octanol–water partition coefficient (Wildman–Crippen LogP) is 3.13. The van der Waals surface area contributed by atoms with Crippen LogP contribution in [0, 0.1) is 0 Å². The molecule has 1 heteroatoms. The lowest BCUT2D eigenvalue weighted by Gasteiger charge is -2.11. The van der Waals surface area contributed by atoms with E-state index >= 15 is 0 Å². The largest absolute Gasteiger partial charge is 0.396 e. The van der Waals surface area contributed by atoms with Crippen molar-refractivity contribution in [2.24, 2.45) is 0 Å². The van der Waals surface area contributed by atoms with E-state index in [0.29, 0.717) is 12.5 Å². The van der Waals surface area contributed by atoms with Crippen molar-refractivity contribution in [3.8, 4) is 0 Å². The van der Waals surface area contributed by atoms with Crippen molar-refractivity contribution in [3.63, 3.8) is 0 Å². The molecule has 1 N–H and O–H groups in total. The first kappa shape index (κ1) is 11.3. The molecule has 0 aliphatic rings. The van der Waals surface area contributed by atoms with Crippen LogP contribution in [0.4, 0.5) is 0 Å². The number of hydrogen-bond acceptors (Lipinski definition) is 1. The fourth-order valence-corrected chi connectivity index (χ4v) is 1.75. The van der Waals surface area contributed by atoms with Gasteiger partial charge in [0.2, 0.25) is 0 Å². The minimum Gasteiger partial charge on any atom is -0.396 e. The van der Waals surface area contributed by atoms with Gasteiger partial charge in [0.25, 0.3) is 0 Å². The Morgan fingerprint density at radius 1 is 1.14 bits per heavy atom. The van der Waals surface area contributed by atoms with Crippen LogP contribution < -0.4 is 0 Å². The predicted molar refractivity (Wildman–Crippen MR) is 60.6 cm³/mol. The minimum atomic E-state index is 0.309. The lowest BCUT2D eigenvalue weighted by molar-refractivity contribution is 0.284. The van der Waals surface area contributed by atoms with Gasteiger partial charge in [0.15, 0.2) is 0 Å². The zero-order chi connectivity index (χ0) is 10.4. The van der Waals surface area contributed by atoms with Gasteiger partial charge in [0.05, 0.1) is 0 Å². The second-order valence-corrected chi connectivity index (χ2v) is 4.03. The average molecular weight is 192 g/mol. The van der Waals surface area contributed by atoms with Gasteiger partial charge in [0.1, 0.15) is 0 Å². The lowest BCUT2D eigenvalue weighted by atomic mass is 9.94. The number of unbranched alkanes of at least 4 members (excludes halogenated alkanes) is 1. The van der Waals surface area contributed by atoms with E-state index in [1.807, 2.05) is 0 Å². The number of aliphatic hydroxyl groups excluding tert-OH is 1. The smallest absolute Gasteiger partial charge is 0.0431 e. The van der Waals surface area contributed by atoms with Gasteiger partial charge >= 0.3 is 0 Å². The number of aryl methyl sites for hydroxylation is 1. The van der Waals surface area contributed by atoms with Gasteiger partial charge in [-0.15, -0.1) is 0 Å². The van der Waals surface area contributed by atoms with E-state index in [4.69, 9.17) is 5.11 Å². The highest BCUT2D eigenvalue weighted by Crippen LogP contribution is 2.20. The zero-order valence-electron chi connectivity index (χ0n) is 9.16. The first-order chi connectivity index (χ1) is 6.75. The van der Waals surface area contributed by atoms with E-state index < -0.39 is 0 Å². The van der Waals surface area contributed by atoms with Gasteiger partial charge < -0.3 is 5.11 Å². The van der Waals surface area contributed by atoms with Gasteiger partial charge in [-0.3, -0.25) is 0 Å². The first-order valence-electron chi connectivity index (χ1n) is 5.44. The van der Waals surface area contributed by atoms with Crippen LogP contribution in [0.2, 0.25) is 0 Å². The molecule has 0 saturated heterocycles. The summed E-state index contributed by atoms with van der Waals surface area (Å²) in [4.78, 5) is 0. The Hall–Kier alpha value is -0.820. The van der Waals surface area contributed by atoms with E-state index in [1.165, 1.54) is 11.1 Å². The molecule has 0 radical (unpaired) electrons. The summed E-state index contributed by atoms with van der Waals surface area (Å²) in [6.07, 6.45) is 3.08. The summed E-state index contributed by atoms with van der Waals surface area (Å²) in [6, 6.07) is 8.61. The van der Waals surface area contributed by atoms with Crippen LogP contribution in [0.5, 0.6) is 0 Å². The Morgan fingerprint density at radius 2 is 1.86 bits per heavy atom. The number of rotatable bonds is 5. The van der Waals surface area contributed by atoms with E-state index in [2.05, 4.69) is 38.1 Å². The maximum Gasteiger partial charge on any atom is 0.0431 e. The van der Waals surface area contributed by atoms with E-state index in [9.17, 15) is 0 Å². The van der Waals surface area contributed by atoms with E-state index in [0.717, 1.165) is 19.3 Å². The molecule has 0 heterocycles. The normalized spacial score (nSPS) is 10.9. The van der Waals surface area contributed by atoms with Crippen molar-refractivity contribution in [2.45, 2.75) is 39.0 Å². The average Bonchev–Trinajstić information content (AvgIpc) is 2.19. The van der Waals surface area contributed by atoms with Crippen molar-refractivity contribution in [3.05, 3.63) is 35.4 Å². The van der Waals surface area contributed by atoms with Gasteiger partial charge in [-0.2, -0.15) is 0 Å². The molecule has 1 aromatic carbocycles. The Labute approximate surface area is 86.8 Å². The Balaban J connectivity index is 2.64. The lowest BCUT2D eigenvalue weighted by Crippen LogP contribution is -1.97. The molecule has 78 valence electrons. The number of hydrogen-bond donors (Lipinski definition) is 1. The molecule has 0 amide bonds. The van der Waals surface area contributed by atoms with Crippen molar-refractivity contribution < 1.29 is 5.11 Å². The minimum absolute atomic E-state index is 0.309. The van der Waals surface area contributed by atoms with Crippen molar-refractivity contribution in [1.82, 2.24) is 0 Å². The van der Waals surface area contributed by atoms with Crippen LogP contribution in [0.25, 0.3) is 0 Å². The highest BCUT2D eigenvalue weighted by atomic mass is 16.2. The van der Waals surface area contributed by atoms with Gasteiger partial charge in [-0.25, -0.2) is 0 Å². The quantitative estimate of drug-likeness (QED) is 0.711. The zero-order valence-corrected chi connectivity index (χ0v) is 9.16. The standard InChI is InChI=1S/C13H20O/c1-11(2)13-9-4-3-7-12(13)8-5-6-10-14/h3-4,7,9,11,14H,5-6,8,10H2,1-2H3. The highest BCUT2D eigenvalue weighted by molar-refractivity contribution is 5.29. The monoisotopic (exact) mass is 192 g/mol. The van der Waals surface area contributed by atoms with Crippen LogP contribution in [0.15, 0.2) is 24.3 Å². The summed E-state index contributed by atoms with van der Waals surface area (Å²) in [7, 11) is 0. The van der Waals surface area contributed by atoms with Gasteiger partial charge in [0, 0.05) is 6.61 Å². The van der Waals surface area contributed by atoms with Crippen molar-refractivity contribution in [2.75, 3.05) is 6.61 Å². The summed E-state index contributed by atoms with van der Waals surface area (Å²) >= 11 is 0. The SMILES string of the molecule is CC(C)c1ccccc1CCCCO. The second-order valence-electron chi connectivity index (χ2n) is 4.03. The summed E-state index contributed by atoms with van der Waals surface area (Å²) < 4.78 is 0. The molecular formula is C13H20O. The molecule has 0 unspecified atom stereocenters. The molecule has 0 spiro atoms. The topological polar surface area (TPSA) is 20.2 Å². The molecule has 0 aromatic heterocycles. The molecule has 0 fully saturated rings. The maximum atomic E-state index is 8.72. The second kappa shape index (κ2) is 5.82. The van der Waals surface area contributed by atoms with Crippen LogP contribution in [0.1, 0.15) is 43.7 Å². The summed E-state index contributed by atoms with van der Waals surface area (Å²) in [5.74, 6) is 0.598. The molecule has 0 aliphatic carbocycles. The molecule has 0 atom stereocenters. The van der Waals surface area contributed by atoms with Crippen LogP contribution in [-0.2, 0) is 6.42 Å². The molecule has 0 bridgehead atoms. The van der Waals surface area contributed by atoms with Crippen LogP contribution >= 0.6 is 0 Å². The summed E-state index contributed by atoms with van der Waals surface area (Å²) in [5.41, 5.74) is 2.89.